The first-order valence-corrected chi connectivity index (χ1v) is 10.3. The third-order valence-corrected chi connectivity index (χ3v) is 8.24. The highest BCUT2D eigenvalue weighted by Crippen LogP contribution is 2.36. The summed E-state index contributed by atoms with van der Waals surface area (Å²) in [6, 6.07) is 3.83. The second kappa shape index (κ2) is 5.96. The van der Waals surface area contributed by atoms with Crippen molar-refractivity contribution < 1.29 is 17.7 Å². The van der Waals surface area contributed by atoms with E-state index in [2.05, 4.69) is 4.98 Å². The van der Waals surface area contributed by atoms with E-state index >= 15 is 0 Å². The van der Waals surface area contributed by atoms with Crippen molar-refractivity contribution in [3.05, 3.63) is 18.3 Å². The van der Waals surface area contributed by atoms with Gasteiger partial charge in [0, 0.05) is 19.3 Å². The summed E-state index contributed by atoms with van der Waals surface area (Å²) in [6.07, 6.45) is 1.73. The van der Waals surface area contributed by atoms with E-state index in [4.69, 9.17) is 9.31 Å². The van der Waals surface area contributed by atoms with Crippen LogP contribution in [0.2, 0.25) is 0 Å². The molecule has 0 amide bonds. The van der Waals surface area contributed by atoms with Gasteiger partial charge >= 0.3 is 7.12 Å². The molecule has 2 atom stereocenters. The number of rotatable bonds is 2. The van der Waals surface area contributed by atoms with Crippen LogP contribution in [0.25, 0.3) is 0 Å². The number of hydrogen-bond donors (Lipinski definition) is 0. The van der Waals surface area contributed by atoms with Crippen LogP contribution in [-0.4, -0.2) is 55.3 Å². The fourth-order valence-corrected chi connectivity index (χ4v) is 4.79. The highest BCUT2D eigenvalue weighted by molar-refractivity contribution is 7.92. The molecule has 138 valence electrons. The van der Waals surface area contributed by atoms with E-state index in [-0.39, 0.29) is 0 Å². The van der Waals surface area contributed by atoms with Gasteiger partial charge in [-0.3, -0.25) is 0 Å². The smallest absolute Gasteiger partial charge is 0.399 e. The van der Waals surface area contributed by atoms with Crippen molar-refractivity contribution in [2.24, 2.45) is 0 Å². The highest BCUT2D eigenvalue weighted by Gasteiger charge is 2.51. The van der Waals surface area contributed by atoms with Crippen LogP contribution in [0.1, 0.15) is 41.5 Å². The monoisotopic (exact) mass is 366 g/mol. The molecule has 2 aliphatic heterocycles. The zero-order valence-corrected chi connectivity index (χ0v) is 16.6. The number of anilines is 1. The van der Waals surface area contributed by atoms with Gasteiger partial charge in [-0.05, 0) is 59.1 Å². The molecule has 0 N–H and O–H groups in total. The van der Waals surface area contributed by atoms with Gasteiger partial charge in [-0.15, -0.1) is 0 Å². The van der Waals surface area contributed by atoms with E-state index < -0.39 is 38.7 Å². The molecule has 3 heterocycles. The maximum Gasteiger partial charge on any atom is 0.495 e. The minimum atomic E-state index is -3.06. The van der Waals surface area contributed by atoms with E-state index in [1.807, 2.05) is 44.7 Å². The maximum atomic E-state index is 12.2. The Balaban J connectivity index is 1.84. The topological polar surface area (TPSA) is 68.7 Å². The van der Waals surface area contributed by atoms with Crippen LogP contribution in [0.15, 0.2) is 18.3 Å². The second-order valence-electron chi connectivity index (χ2n) is 8.15. The summed E-state index contributed by atoms with van der Waals surface area (Å²) >= 11 is 0. The predicted molar refractivity (Wildman–Crippen MR) is 100 cm³/mol. The van der Waals surface area contributed by atoms with Crippen molar-refractivity contribution in [1.82, 2.24) is 4.98 Å². The molecule has 0 aliphatic carbocycles. The molecular weight excluding hydrogens is 339 g/mol. The number of hydrogen-bond acceptors (Lipinski definition) is 6. The van der Waals surface area contributed by atoms with Crippen LogP contribution in [0.3, 0.4) is 0 Å². The third-order valence-electron chi connectivity index (χ3n) is 5.70. The molecule has 2 unspecified atom stereocenters. The Morgan fingerprint density at radius 3 is 2.16 bits per heavy atom. The first-order chi connectivity index (χ1) is 11.4. The lowest BCUT2D eigenvalue weighted by Crippen LogP contribution is -2.50. The molecule has 1 aromatic rings. The summed E-state index contributed by atoms with van der Waals surface area (Å²) in [5.41, 5.74) is 0.101. The lowest BCUT2D eigenvalue weighted by Gasteiger charge is -2.35. The average Bonchev–Trinajstić information content (AvgIpc) is 2.73. The summed E-state index contributed by atoms with van der Waals surface area (Å²) < 4.78 is 36.6. The van der Waals surface area contributed by atoms with Gasteiger partial charge in [0.25, 0.3) is 0 Å². The zero-order chi connectivity index (χ0) is 18.6. The summed E-state index contributed by atoms with van der Waals surface area (Å²) in [7, 11) is -3.51. The molecule has 0 radical (unpaired) electrons. The minimum Gasteiger partial charge on any atom is -0.399 e. The van der Waals surface area contributed by atoms with Gasteiger partial charge in [-0.2, -0.15) is 0 Å². The zero-order valence-electron chi connectivity index (χ0n) is 15.8. The van der Waals surface area contributed by atoms with Crippen LogP contribution < -0.4 is 10.4 Å². The fourth-order valence-electron chi connectivity index (χ4n) is 3.22. The van der Waals surface area contributed by atoms with Gasteiger partial charge in [0.1, 0.15) is 5.82 Å². The Morgan fingerprint density at radius 1 is 1.12 bits per heavy atom. The van der Waals surface area contributed by atoms with E-state index in [1.165, 1.54) is 0 Å². The Kier molecular flexibility index (Phi) is 4.45. The number of pyridine rings is 1. The number of nitrogens with zero attached hydrogens (tertiary/aromatic N) is 2. The molecule has 0 spiro atoms. The molecule has 2 fully saturated rings. The van der Waals surface area contributed by atoms with Crippen LogP contribution in [-0.2, 0) is 19.1 Å². The summed E-state index contributed by atoms with van der Waals surface area (Å²) in [6.45, 7) is 12.5. The van der Waals surface area contributed by atoms with Crippen molar-refractivity contribution >= 4 is 28.2 Å². The quantitative estimate of drug-likeness (QED) is 0.737. The second-order valence-corrected chi connectivity index (χ2v) is 10.9. The minimum absolute atomic E-state index is 0.399. The Labute approximate surface area is 151 Å². The Hall–Kier alpha value is -1.12. The fraction of sp³-hybridized carbons (Fsp3) is 0.706. The molecule has 0 saturated carbocycles. The largest absolute Gasteiger partial charge is 0.495 e. The predicted octanol–water partition coefficient (Wildman–Crippen LogP) is 1.39. The van der Waals surface area contributed by atoms with Crippen LogP contribution in [0.4, 0.5) is 5.82 Å². The molecule has 1 aromatic heterocycles. The van der Waals surface area contributed by atoms with Crippen molar-refractivity contribution in [3.8, 4) is 0 Å². The Bertz CT molecular complexity index is 732. The van der Waals surface area contributed by atoms with Crippen molar-refractivity contribution in [2.45, 2.75) is 63.2 Å². The SMILES string of the molecule is CC1CN(c2cc(B3OC(C)(C)C(C)(C)O3)ccn2)CC(C)S1(=O)=O. The van der Waals surface area contributed by atoms with E-state index in [9.17, 15) is 8.42 Å². The number of sulfone groups is 1. The van der Waals surface area contributed by atoms with Crippen LogP contribution >= 0.6 is 0 Å². The van der Waals surface area contributed by atoms with E-state index in [0.717, 1.165) is 11.3 Å². The molecular formula is C17H27BN2O4S. The third kappa shape index (κ3) is 3.20. The van der Waals surface area contributed by atoms with Crippen molar-refractivity contribution in [1.29, 1.82) is 0 Å². The highest BCUT2D eigenvalue weighted by atomic mass is 32.2. The first-order valence-electron chi connectivity index (χ1n) is 8.73. The molecule has 8 heteroatoms. The molecule has 0 aromatic carbocycles. The lowest BCUT2D eigenvalue weighted by atomic mass is 9.79. The van der Waals surface area contributed by atoms with Gasteiger partial charge in [-0.25, -0.2) is 13.4 Å². The van der Waals surface area contributed by atoms with Crippen molar-refractivity contribution in [3.63, 3.8) is 0 Å². The van der Waals surface area contributed by atoms with Crippen LogP contribution in [0.5, 0.6) is 0 Å². The first kappa shape index (κ1) is 18.7. The van der Waals surface area contributed by atoms with E-state index in [0.29, 0.717) is 13.1 Å². The van der Waals surface area contributed by atoms with E-state index in [1.54, 1.807) is 20.0 Å². The molecule has 2 aliphatic rings. The van der Waals surface area contributed by atoms with Gasteiger partial charge < -0.3 is 14.2 Å². The molecule has 6 nitrogen and oxygen atoms in total. The van der Waals surface area contributed by atoms with Crippen molar-refractivity contribution in [2.75, 3.05) is 18.0 Å². The van der Waals surface area contributed by atoms with Crippen LogP contribution in [0, 0.1) is 0 Å². The molecule has 25 heavy (non-hydrogen) atoms. The Morgan fingerprint density at radius 2 is 1.64 bits per heavy atom. The normalized spacial score (nSPS) is 30.5. The van der Waals surface area contributed by atoms with Gasteiger partial charge in [-0.1, -0.05) is 0 Å². The molecule has 3 rings (SSSR count). The molecule has 0 bridgehead atoms. The van der Waals surface area contributed by atoms with Gasteiger partial charge in [0.2, 0.25) is 0 Å². The number of aromatic nitrogens is 1. The van der Waals surface area contributed by atoms with Gasteiger partial charge in [0.05, 0.1) is 21.7 Å². The lowest BCUT2D eigenvalue weighted by molar-refractivity contribution is 0.00578. The average molecular weight is 366 g/mol. The summed E-state index contributed by atoms with van der Waals surface area (Å²) in [5, 5.41) is -0.808. The molecule has 2 saturated heterocycles. The summed E-state index contributed by atoms with van der Waals surface area (Å²) in [5.74, 6) is 0.765. The summed E-state index contributed by atoms with van der Waals surface area (Å²) in [4.78, 5) is 6.48. The standard InChI is InChI=1S/C17H27BN2O4S/c1-12-10-20(11-13(2)25(12,21)22)15-9-14(7-8-19-15)18-23-16(3,4)17(5,6)24-18/h7-9,12-13H,10-11H2,1-6H3. The maximum absolute atomic E-state index is 12.2. The van der Waals surface area contributed by atoms with Gasteiger partial charge in [0.15, 0.2) is 9.84 Å².